The maximum Gasteiger partial charge on any atom is 0.267 e. The molecule has 0 aliphatic rings. The van der Waals surface area contributed by atoms with Crippen LogP contribution in [-0.4, -0.2) is 32.0 Å². The van der Waals surface area contributed by atoms with E-state index < -0.39 is 6.04 Å². The number of nitrogens with zero attached hydrogens (tertiary/aromatic N) is 4. The number of carbonyl (C=O) groups is 1. The average Bonchev–Trinajstić information content (AvgIpc) is 3.36. The van der Waals surface area contributed by atoms with E-state index in [1.807, 2.05) is 48.7 Å². The molecule has 0 fully saturated rings. The first-order valence-electron chi connectivity index (χ1n) is 10.5. The van der Waals surface area contributed by atoms with Crippen LogP contribution in [0.2, 0.25) is 0 Å². The lowest BCUT2D eigenvalue weighted by Gasteiger charge is -2.15. The molecule has 0 spiro atoms. The zero-order chi connectivity index (χ0) is 23.4. The van der Waals surface area contributed by atoms with Gasteiger partial charge in [0.15, 0.2) is 0 Å². The summed E-state index contributed by atoms with van der Waals surface area (Å²) in [5, 5.41) is 13.5. The SMILES string of the molecule is Cc1ccc(-c2ccc(=O)n(C(C)C(=O)NCCn3nc(-c4cccs4)ccc3=O)n2)cc1. The highest BCUT2D eigenvalue weighted by Crippen LogP contribution is 2.21. The average molecular weight is 462 g/mol. The maximum absolute atomic E-state index is 12.7. The number of aromatic nitrogens is 4. The fourth-order valence-corrected chi connectivity index (χ4v) is 3.98. The van der Waals surface area contributed by atoms with Gasteiger partial charge in [0.2, 0.25) is 5.91 Å². The summed E-state index contributed by atoms with van der Waals surface area (Å²) >= 11 is 1.54. The summed E-state index contributed by atoms with van der Waals surface area (Å²) in [6, 6.07) is 17.0. The highest BCUT2D eigenvalue weighted by atomic mass is 32.1. The number of amides is 1. The fraction of sp³-hybridized carbons (Fsp3) is 0.208. The van der Waals surface area contributed by atoms with Gasteiger partial charge in [-0.15, -0.1) is 11.3 Å². The van der Waals surface area contributed by atoms with E-state index in [1.165, 1.54) is 32.8 Å². The van der Waals surface area contributed by atoms with Gasteiger partial charge in [0, 0.05) is 24.2 Å². The van der Waals surface area contributed by atoms with Gasteiger partial charge in [0.25, 0.3) is 11.1 Å². The number of benzene rings is 1. The van der Waals surface area contributed by atoms with Gasteiger partial charge in [-0.3, -0.25) is 14.4 Å². The van der Waals surface area contributed by atoms with Gasteiger partial charge in [0.1, 0.15) is 11.7 Å². The van der Waals surface area contributed by atoms with Crippen LogP contribution in [0.3, 0.4) is 0 Å². The molecule has 1 aromatic carbocycles. The van der Waals surface area contributed by atoms with Crippen molar-refractivity contribution in [2.45, 2.75) is 26.4 Å². The topological polar surface area (TPSA) is 98.9 Å². The van der Waals surface area contributed by atoms with Crippen LogP contribution >= 0.6 is 11.3 Å². The summed E-state index contributed by atoms with van der Waals surface area (Å²) in [6.45, 7) is 4.01. The van der Waals surface area contributed by atoms with Crippen LogP contribution in [0.1, 0.15) is 18.5 Å². The number of rotatable bonds is 7. The molecule has 1 unspecified atom stereocenters. The summed E-state index contributed by atoms with van der Waals surface area (Å²) in [5.74, 6) is -0.367. The Morgan fingerprint density at radius 3 is 2.42 bits per heavy atom. The summed E-state index contributed by atoms with van der Waals surface area (Å²) in [6.07, 6.45) is 0. The van der Waals surface area contributed by atoms with Crippen LogP contribution in [0.15, 0.2) is 75.6 Å². The molecule has 0 aliphatic heterocycles. The van der Waals surface area contributed by atoms with Gasteiger partial charge in [-0.1, -0.05) is 35.9 Å². The molecule has 1 atom stereocenters. The van der Waals surface area contributed by atoms with Crippen LogP contribution < -0.4 is 16.4 Å². The lowest BCUT2D eigenvalue weighted by atomic mass is 10.1. The van der Waals surface area contributed by atoms with Gasteiger partial charge >= 0.3 is 0 Å². The van der Waals surface area contributed by atoms with Crippen molar-refractivity contribution in [1.29, 1.82) is 0 Å². The van der Waals surface area contributed by atoms with E-state index in [1.54, 1.807) is 19.1 Å². The van der Waals surface area contributed by atoms with Crippen LogP contribution in [0.5, 0.6) is 0 Å². The maximum atomic E-state index is 12.7. The van der Waals surface area contributed by atoms with Crippen molar-refractivity contribution in [3.05, 3.63) is 92.3 Å². The van der Waals surface area contributed by atoms with E-state index in [9.17, 15) is 14.4 Å². The van der Waals surface area contributed by atoms with Crippen molar-refractivity contribution < 1.29 is 4.79 Å². The third-order valence-corrected chi connectivity index (χ3v) is 6.07. The quantitative estimate of drug-likeness (QED) is 0.456. The summed E-state index contributed by atoms with van der Waals surface area (Å²) < 4.78 is 2.49. The van der Waals surface area contributed by atoms with Crippen molar-refractivity contribution in [2.75, 3.05) is 6.54 Å². The summed E-state index contributed by atoms with van der Waals surface area (Å²) in [7, 11) is 0. The minimum atomic E-state index is -0.815. The monoisotopic (exact) mass is 461 g/mol. The first-order chi connectivity index (χ1) is 15.9. The Kier molecular flexibility index (Phi) is 6.60. The molecular formula is C24H23N5O3S. The molecule has 4 rings (SSSR count). The molecule has 0 aliphatic carbocycles. The largest absolute Gasteiger partial charge is 0.352 e. The van der Waals surface area contributed by atoms with Crippen molar-refractivity contribution in [3.63, 3.8) is 0 Å². The Labute approximate surface area is 194 Å². The van der Waals surface area contributed by atoms with E-state index in [0.29, 0.717) is 11.4 Å². The smallest absolute Gasteiger partial charge is 0.267 e. The molecule has 168 valence electrons. The predicted octanol–water partition coefficient (Wildman–Crippen LogP) is 2.88. The van der Waals surface area contributed by atoms with Crippen LogP contribution in [0, 0.1) is 6.92 Å². The van der Waals surface area contributed by atoms with Gasteiger partial charge in [-0.2, -0.15) is 10.2 Å². The van der Waals surface area contributed by atoms with Crippen LogP contribution in [0.25, 0.3) is 21.8 Å². The minimum absolute atomic E-state index is 0.191. The molecule has 3 aromatic heterocycles. The highest BCUT2D eigenvalue weighted by molar-refractivity contribution is 7.13. The molecule has 0 saturated carbocycles. The van der Waals surface area contributed by atoms with E-state index in [2.05, 4.69) is 15.5 Å². The standard InChI is InChI=1S/C24H23N5O3S/c1-16-5-7-18(8-6-16)19-9-12-23(31)29(27-19)17(2)24(32)25-13-14-28-22(30)11-10-20(26-28)21-4-3-15-33-21/h3-12,15,17H,13-14H2,1-2H3,(H,25,32). The number of thiophene rings is 1. The molecule has 3 heterocycles. The second kappa shape index (κ2) is 9.74. The Morgan fingerprint density at radius 1 is 0.970 bits per heavy atom. The van der Waals surface area contributed by atoms with E-state index in [4.69, 9.17) is 0 Å². The van der Waals surface area contributed by atoms with Crippen molar-refractivity contribution in [3.8, 4) is 21.8 Å². The van der Waals surface area contributed by atoms with Crippen molar-refractivity contribution in [2.24, 2.45) is 0 Å². The lowest BCUT2D eigenvalue weighted by molar-refractivity contribution is -0.124. The molecule has 4 aromatic rings. The third kappa shape index (κ3) is 5.15. The highest BCUT2D eigenvalue weighted by Gasteiger charge is 2.18. The van der Waals surface area contributed by atoms with Gasteiger partial charge < -0.3 is 5.32 Å². The first kappa shape index (κ1) is 22.3. The number of hydrogen-bond donors (Lipinski definition) is 1. The molecule has 0 radical (unpaired) electrons. The first-order valence-corrected chi connectivity index (χ1v) is 11.4. The van der Waals surface area contributed by atoms with Crippen LogP contribution in [0.4, 0.5) is 0 Å². The Bertz CT molecular complexity index is 1370. The van der Waals surface area contributed by atoms with Crippen molar-refractivity contribution >= 4 is 17.2 Å². The number of aryl methyl sites for hydroxylation is 1. The second-order valence-electron chi connectivity index (χ2n) is 7.59. The zero-order valence-electron chi connectivity index (χ0n) is 18.3. The molecular weight excluding hydrogens is 438 g/mol. The Hall–Kier alpha value is -3.85. The van der Waals surface area contributed by atoms with Gasteiger partial charge in [-0.25, -0.2) is 9.36 Å². The summed E-state index contributed by atoms with van der Waals surface area (Å²) in [4.78, 5) is 38.2. The van der Waals surface area contributed by atoms with Gasteiger partial charge in [0.05, 0.1) is 17.1 Å². The number of nitrogens with one attached hydrogen (secondary N) is 1. The number of hydrogen-bond acceptors (Lipinski definition) is 6. The lowest BCUT2D eigenvalue weighted by Crippen LogP contribution is -2.39. The molecule has 8 nitrogen and oxygen atoms in total. The second-order valence-corrected chi connectivity index (χ2v) is 8.54. The minimum Gasteiger partial charge on any atom is -0.352 e. The van der Waals surface area contributed by atoms with E-state index in [0.717, 1.165) is 16.0 Å². The predicted molar refractivity (Wildman–Crippen MR) is 128 cm³/mol. The Morgan fingerprint density at radius 2 is 1.70 bits per heavy atom. The molecule has 1 amide bonds. The normalized spacial score (nSPS) is 11.8. The molecule has 1 N–H and O–H groups in total. The zero-order valence-corrected chi connectivity index (χ0v) is 19.1. The van der Waals surface area contributed by atoms with E-state index >= 15 is 0 Å². The fourth-order valence-electron chi connectivity index (χ4n) is 3.29. The van der Waals surface area contributed by atoms with Crippen LogP contribution in [-0.2, 0) is 11.3 Å². The van der Waals surface area contributed by atoms with Crippen molar-refractivity contribution in [1.82, 2.24) is 24.9 Å². The molecule has 33 heavy (non-hydrogen) atoms. The summed E-state index contributed by atoms with van der Waals surface area (Å²) in [5.41, 5.74) is 2.67. The third-order valence-electron chi connectivity index (χ3n) is 5.18. The van der Waals surface area contributed by atoms with E-state index in [-0.39, 0.29) is 30.1 Å². The number of carbonyl (C=O) groups excluding carboxylic acids is 1. The van der Waals surface area contributed by atoms with Gasteiger partial charge in [-0.05, 0) is 37.4 Å². The molecule has 9 heteroatoms. The molecule has 0 bridgehead atoms. The molecule has 0 saturated heterocycles. The Balaban J connectivity index is 1.44.